The van der Waals surface area contributed by atoms with Crippen molar-refractivity contribution in [1.82, 2.24) is 0 Å². The molecule has 0 aromatic rings. The third-order valence-electron chi connectivity index (χ3n) is 1.23. The van der Waals surface area contributed by atoms with Crippen LogP contribution < -0.4 is 0 Å². The van der Waals surface area contributed by atoms with Crippen molar-refractivity contribution in [3.63, 3.8) is 0 Å². The van der Waals surface area contributed by atoms with Crippen LogP contribution in [0, 0.1) is 11.8 Å². The largest absolute Gasteiger partial charge is 0.252 e. The quantitative estimate of drug-likeness (QED) is 0.469. The summed E-state index contributed by atoms with van der Waals surface area (Å²) >= 11 is 0. The van der Waals surface area contributed by atoms with Crippen LogP contribution in [0.15, 0.2) is 0 Å². The van der Waals surface area contributed by atoms with E-state index in [2.05, 4.69) is 25.7 Å². The van der Waals surface area contributed by atoms with Crippen LogP contribution in [0.5, 0.6) is 0 Å². The Morgan fingerprint density at radius 2 is 1.89 bits per heavy atom. The number of hydrogen-bond acceptors (Lipinski definition) is 2. The van der Waals surface area contributed by atoms with Gasteiger partial charge in [0.05, 0.1) is 6.61 Å². The van der Waals surface area contributed by atoms with Gasteiger partial charge in [-0.2, -0.15) is 0 Å². The molecule has 0 aliphatic rings. The second-order valence-electron chi connectivity index (χ2n) is 3.03. The molecule has 0 aliphatic heterocycles. The first-order valence-corrected chi connectivity index (χ1v) is 3.43. The van der Waals surface area contributed by atoms with Crippen molar-refractivity contribution >= 4 is 0 Å². The lowest BCUT2D eigenvalue weighted by molar-refractivity contribution is -0.250. The fourth-order valence-corrected chi connectivity index (χ4v) is 1.00. The summed E-state index contributed by atoms with van der Waals surface area (Å²) in [6.07, 6.45) is 1.11. The molecule has 0 rings (SSSR count). The van der Waals surface area contributed by atoms with Gasteiger partial charge in [0.1, 0.15) is 0 Å². The smallest absolute Gasteiger partial charge is 0.0845 e. The second-order valence-corrected chi connectivity index (χ2v) is 3.03. The van der Waals surface area contributed by atoms with Crippen LogP contribution in [0.4, 0.5) is 0 Å². The molecule has 1 unspecified atom stereocenters. The van der Waals surface area contributed by atoms with Gasteiger partial charge in [0.15, 0.2) is 0 Å². The van der Waals surface area contributed by atoms with E-state index in [0.29, 0.717) is 18.4 Å². The van der Waals surface area contributed by atoms with Gasteiger partial charge >= 0.3 is 0 Å². The molecular weight excluding hydrogens is 116 g/mol. The molecule has 2 nitrogen and oxygen atoms in total. The van der Waals surface area contributed by atoms with E-state index in [0.717, 1.165) is 6.42 Å². The molecule has 0 saturated carbocycles. The first-order valence-electron chi connectivity index (χ1n) is 3.43. The van der Waals surface area contributed by atoms with Crippen LogP contribution in [-0.2, 0) is 4.89 Å². The van der Waals surface area contributed by atoms with E-state index in [1.54, 1.807) is 0 Å². The Kier molecular flexibility index (Phi) is 4.72. The molecule has 1 atom stereocenters. The summed E-state index contributed by atoms with van der Waals surface area (Å²) in [6, 6.07) is 0. The van der Waals surface area contributed by atoms with Gasteiger partial charge in [-0.3, -0.25) is 5.26 Å². The van der Waals surface area contributed by atoms with Crippen molar-refractivity contribution in [1.29, 1.82) is 0 Å². The average molecular weight is 132 g/mol. The first-order chi connectivity index (χ1) is 4.16. The lowest BCUT2D eigenvalue weighted by atomic mass is 10.0. The maximum Gasteiger partial charge on any atom is 0.0845 e. The van der Waals surface area contributed by atoms with E-state index in [9.17, 15) is 0 Å². The molecule has 0 aliphatic carbocycles. The number of hydrogen-bond donors (Lipinski definition) is 1. The van der Waals surface area contributed by atoms with Crippen molar-refractivity contribution < 1.29 is 10.1 Å². The lowest BCUT2D eigenvalue weighted by Crippen LogP contribution is -2.06. The summed E-state index contributed by atoms with van der Waals surface area (Å²) < 4.78 is 0. The molecule has 0 fully saturated rings. The van der Waals surface area contributed by atoms with Crippen LogP contribution >= 0.6 is 0 Å². The fraction of sp³-hybridized carbons (Fsp3) is 1.00. The maximum atomic E-state index is 8.05. The van der Waals surface area contributed by atoms with Gasteiger partial charge in [-0.1, -0.05) is 20.8 Å². The molecule has 2 heteroatoms. The molecule has 1 N–H and O–H groups in total. The summed E-state index contributed by atoms with van der Waals surface area (Å²) in [4.78, 5) is 4.00. The molecule has 0 amide bonds. The maximum absolute atomic E-state index is 8.05. The topological polar surface area (TPSA) is 29.5 Å². The minimum absolute atomic E-state index is 0.457. The highest BCUT2D eigenvalue weighted by atomic mass is 17.1. The standard InChI is InChI=1S/C7H16O2/c1-6(2)4-7(3)5-9-8/h6-8H,4-5H2,1-3H3. The van der Waals surface area contributed by atoms with E-state index in [1.807, 2.05) is 0 Å². The summed E-state index contributed by atoms with van der Waals surface area (Å²) in [6.45, 7) is 6.84. The van der Waals surface area contributed by atoms with E-state index < -0.39 is 0 Å². The van der Waals surface area contributed by atoms with E-state index in [-0.39, 0.29) is 0 Å². The Morgan fingerprint density at radius 1 is 1.33 bits per heavy atom. The van der Waals surface area contributed by atoms with Gasteiger partial charge in [0.25, 0.3) is 0 Å². The van der Waals surface area contributed by atoms with Gasteiger partial charge in [0, 0.05) is 0 Å². The molecule has 56 valence electrons. The third kappa shape index (κ3) is 5.80. The van der Waals surface area contributed by atoms with Crippen molar-refractivity contribution in [3.05, 3.63) is 0 Å². The predicted octanol–water partition coefficient (Wildman–Crippen LogP) is 2.16. The lowest BCUT2D eigenvalue weighted by Gasteiger charge is -2.10. The zero-order valence-electron chi connectivity index (χ0n) is 6.42. The van der Waals surface area contributed by atoms with Crippen LogP contribution in [0.25, 0.3) is 0 Å². The predicted molar refractivity (Wildman–Crippen MR) is 37.2 cm³/mol. The zero-order valence-corrected chi connectivity index (χ0v) is 6.42. The van der Waals surface area contributed by atoms with Crippen molar-refractivity contribution in [2.24, 2.45) is 11.8 Å². The van der Waals surface area contributed by atoms with Gasteiger partial charge in [-0.05, 0) is 18.3 Å². The summed E-state index contributed by atoms with van der Waals surface area (Å²) in [5.74, 6) is 1.16. The summed E-state index contributed by atoms with van der Waals surface area (Å²) in [7, 11) is 0. The van der Waals surface area contributed by atoms with Crippen LogP contribution in [0.2, 0.25) is 0 Å². The highest BCUT2D eigenvalue weighted by Gasteiger charge is 2.03. The Balaban J connectivity index is 3.15. The molecule has 0 spiro atoms. The Bertz CT molecular complexity index is 61.9. The third-order valence-corrected chi connectivity index (χ3v) is 1.23. The number of rotatable bonds is 4. The van der Waals surface area contributed by atoms with E-state index in [1.165, 1.54) is 0 Å². The molecule has 0 bridgehead atoms. The highest BCUT2D eigenvalue weighted by Crippen LogP contribution is 2.09. The van der Waals surface area contributed by atoms with E-state index in [4.69, 9.17) is 5.26 Å². The fourth-order valence-electron chi connectivity index (χ4n) is 1.00. The molecule has 0 aromatic heterocycles. The average Bonchev–Trinajstić information content (AvgIpc) is 1.63. The molecule has 9 heavy (non-hydrogen) atoms. The van der Waals surface area contributed by atoms with Crippen molar-refractivity contribution in [2.75, 3.05) is 6.61 Å². The van der Waals surface area contributed by atoms with Crippen molar-refractivity contribution in [2.45, 2.75) is 27.2 Å². The van der Waals surface area contributed by atoms with Crippen LogP contribution in [0.3, 0.4) is 0 Å². The summed E-state index contributed by atoms with van der Waals surface area (Å²) in [5, 5.41) is 8.05. The highest BCUT2D eigenvalue weighted by molar-refractivity contribution is 4.52. The van der Waals surface area contributed by atoms with Gasteiger partial charge in [0.2, 0.25) is 0 Å². The molecule has 0 aromatic carbocycles. The van der Waals surface area contributed by atoms with E-state index >= 15 is 0 Å². The van der Waals surface area contributed by atoms with Gasteiger partial charge in [-0.25, -0.2) is 4.89 Å². The van der Waals surface area contributed by atoms with Crippen molar-refractivity contribution in [3.8, 4) is 0 Å². The zero-order chi connectivity index (χ0) is 7.28. The first kappa shape index (κ1) is 8.92. The normalized spacial score (nSPS) is 14.3. The molecule has 0 radical (unpaired) electrons. The molecular formula is C7H16O2. The van der Waals surface area contributed by atoms with Gasteiger partial charge < -0.3 is 0 Å². The molecule has 0 saturated heterocycles. The monoisotopic (exact) mass is 132 g/mol. The summed E-state index contributed by atoms with van der Waals surface area (Å²) in [5.41, 5.74) is 0. The minimum atomic E-state index is 0.457. The SMILES string of the molecule is CC(C)CC(C)COO. The molecule has 0 heterocycles. The Hall–Kier alpha value is -0.0800. The Morgan fingerprint density at radius 3 is 2.22 bits per heavy atom. The minimum Gasteiger partial charge on any atom is -0.252 e. The van der Waals surface area contributed by atoms with Crippen LogP contribution in [-0.4, -0.2) is 11.9 Å². The second kappa shape index (κ2) is 4.77. The Labute approximate surface area is 56.8 Å². The van der Waals surface area contributed by atoms with Crippen LogP contribution in [0.1, 0.15) is 27.2 Å². The van der Waals surface area contributed by atoms with Gasteiger partial charge in [-0.15, -0.1) is 0 Å².